The monoisotopic (exact) mass is 282 g/mol. The second kappa shape index (κ2) is 6.90. The van der Waals surface area contributed by atoms with E-state index in [2.05, 4.69) is 17.1 Å². The molecule has 2 aliphatic rings. The van der Waals surface area contributed by atoms with Crippen molar-refractivity contribution in [2.24, 2.45) is 5.92 Å². The minimum Gasteiger partial charge on any atom is -0.393 e. The first-order chi connectivity index (χ1) is 9.54. The third-order valence-corrected chi connectivity index (χ3v) is 5.25. The number of aliphatic hydroxyl groups excluding tert-OH is 1. The first-order valence-corrected chi connectivity index (χ1v) is 8.28. The van der Waals surface area contributed by atoms with E-state index in [1.54, 1.807) is 0 Å². The summed E-state index contributed by atoms with van der Waals surface area (Å²) >= 11 is 0. The summed E-state index contributed by atoms with van der Waals surface area (Å²) in [4.78, 5) is 14.7. The molecule has 0 bridgehead atoms. The van der Waals surface area contributed by atoms with Crippen LogP contribution in [0.1, 0.15) is 59.3 Å². The predicted molar refractivity (Wildman–Crippen MR) is 80.4 cm³/mol. The molecule has 1 heterocycles. The predicted octanol–water partition coefficient (Wildman–Crippen LogP) is 1.91. The molecule has 0 aromatic rings. The lowest BCUT2D eigenvalue weighted by atomic mass is 9.93. The van der Waals surface area contributed by atoms with E-state index >= 15 is 0 Å². The summed E-state index contributed by atoms with van der Waals surface area (Å²) in [5, 5.41) is 13.2. The largest absolute Gasteiger partial charge is 0.393 e. The first-order valence-electron chi connectivity index (χ1n) is 8.28. The molecule has 5 atom stereocenters. The van der Waals surface area contributed by atoms with Gasteiger partial charge in [-0.3, -0.25) is 9.69 Å². The summed E-state index contributed by atoms with van der Waals surface area (Å²) in [5.41, 5.74) is 0. The van der Waals surface area contributed by atoms with Gasteiger partial charge in [-0.25, -0.2) is 0 Å². The maximum atomic E-state index is 12.3. The van der Waals surface area contributed by atoms with Gasteiger partial charge in [-0.2, -0.15) is 0 Å². The number of hydrogen-bond donors (Lipinski definition) is 2. The Balaban J connectivity index is 1.97. The van der Waals surface area contributed by atoms with Gasteiger partial charge in [-0.15, -0.1) is 0 Å². The summed E-state index contributed by atoms with van der Waals surface area (Å²) in [7, 11) is 0. The molecule has 1 aliphatic heterocycles. The quantitative estimate of drug-likeness (QED) is 0.810. The molecule has 4 nitrogen and oxygen atoms in total. The van der Waals surface area contributed by atoms with Crippen molar-refractivity contribution in [3.8, 4) is 0 Å². The molecule has 1 saturated carbocycles. The number of likely N-dealkylation sites (tertiary alicyclic amines) is 1. The Hall–Kier alpha value is -0.610. The van der Waals surface area contributed by atoms with Crippen LogP contribution in [0.15, 0.2) is 0 Å². The zero-order valence-electron chi connectivity index (χ0n) is 13.1. The number of nitrogens with one attached hydrogen (secondary N) is 1. The lowest BCUT2D eigenvalue weighted by Gasteiger charge is -2.35. The molecule has 5 unspecified atom stereocenters. The molecule has 1 amide bonds. The van der Waals surface area contributed by atoms with Crippen LogP contribution in [-0.2, 0) is 4.79 Å². The Morgan fingerprint density at radius 1 is 1.30 bits per heavy atom. The highest BCUT2D eigenvalue weighted by molar-refractivity contribution is 5.81. The highest BCUT2D eigenvalue weighted by Gasteiger charge is 2.41. The van der Waals surface area contributed by atoms with Crippen molar-refractivity contribution in [1.29, 1.82) is 0 Å². The van der Waals surface area contributed by atoms with E-state index in [1.807, 2.05) is 13.8 Å². The molecule has 2 rings (SSSR count). The van der Waals surface area contributed by atoms with Gasteiger partial charge in [0.2, 0.25) is 5.91 Å². The lowest BCUT2D eigenvalue weighted by Crippen LogP contribution is -2.51. The van der Waals surface area contributed by atoms with Gasteiger partial charge in [0.05, 0.1) is 12.1 Å². The SMILES string of the molecule is CCC(C)NC(=O)C(C)N1CCCC1C1CCCC1O. The molecule has 0 aromatic heterocycles. The number of carbonyl (C=O) groups is 1. The highest BCUT2D eigenvalue weighted by atomic mass is 16.3. The molecule has 2 N–H and O–H groups in total. The maximum Gasteiger partial charge on any atom is 0.237 e. The maximum absolute atomic E-state index is 12.3. The van der Waals surface area contributed by atoms with Crippen molar-refractivity contribution in [3.63, 3.8) is 0 Å². The average molecular weight is 282 g/mol. The molecule has 1 saturated heterocycles. The molecule has 116 valence electrons. The van der Waals surface area contributed by atoms with E-state index in [9.17, 15) is 9.90 Å². The zero-order valence-corrected chi connectivity index (χ0v) is 13.1. The Morgan fingerprint density at radius 3 is 2.65 bits per heavy atom. The van der Waals surface area contributed by atoms with Gasteiger partial charge in [-0.05, 0) is 52.5 Å². The number of amides is 1. The van der Waals surface area contributed by atoms with E-state index < -0.39 is 0 Å². The Kier molecular flexibility index (Phi) is 5.44. The summed E-state index contributed by atoms with van der Waals surface area (Å²) in [6.45, 7) is 7.14. The third kappa shape index (κ3) is 3.34. The van der Waals surface area contributed by atoms with Crippen molar-refractivity contribution >= 4 is 5.91 Å². The van der Waals surface area contributed by atoms with Crippen LogP contribution in [0, 0.1) is 5.92 Å². The molecular formula is C16H30N2O2. The van der Waals surface area contributed by atoms with Crippen molar-refractivity contribution < 1.29 is 9.90 Å². The number of rotatable bonds is 5. The minimum atomic E-state index is -0.162. The summed E-state index contributed by atoms with van der Waals surface area (Å²) < 4.78 is 0. The fourth-order valence-electron chi connectivity index (χ4n) is 3.79. The van der Waals surface area contributed by atoms with Crippen LogP contribution in [0.4, 0.5) is 0 Å². The average Bonchev–Trinajstić information content (AvgIpc) is 3.05. The number of hydrogen-bond acceptors (Lipinski definition) is 3. The molecule has 1 aliphatic carbocycles. The molecule has 20 heavy (non-hydrogen) atoms. The van der Waals surface area contributed by atoms with Gasteiger partial charge in [0.1, 0.15) is 0 Å². The third-order valence-electron chi connectivity index (χ3n) is 5.25. The van der Waals surface area contributed by atoms with E-state index in [1.165, 1.54) is 0 Å². The van der Waals surface area contributed by atoms with Gasteiger partial charge in [0.25, 0.3) is 0 Å². The number of aliphatic hydroxyl groups is 1. The van der Waals surface area contributed by atoms with E-state index in [0.29, 0.717) is 12.0 Å². The van der Waals surface area contributed by atoms with Gasteiger partial charge < -0.3 is 10.4 Å². The number of carbonyl (C=O) groups excluding carboxylic acids is 1. The standard InChI is InChI=1S/C16H30N2O2/c1-4-11(2)17-16(20)12(3)18-10-6-8-14(18)13-7-5-9-15(13)19/h11-15,19H,4-10H2,1-3H3,(H,17,20). The molecular weight excluding hydrogens is 252 g/mol. The topological polar surface area (TPSA) is 52.6 Å². The van der Waals surface area contributed by atoms with Crippen LogP contribution in [0.25, 0.3) is 0 Å². The summed E-state index contributed by atoms with van der Waals surface area (Å²) in [6.07, 6.45) is 6.25. The summed E-state index contributed by atoms with van der Waals surface area (Å²) in [5.74, 6) is 0.509. The van der Waals surface area contributed by atoms with Crippen LogP contribution in [0.5, 0.6) is 0 Å². The fourth-order valence-corrected chi connectivity index (χ4v) is 3.79. The zero-order chi connectivity index (χ0) is 14.7. The van der Waals surface area contributed by atoms with Gasteiger partial charge in [-0.1, -0.05) is 13.3 Å². The Morgan fingerprint density at radius 2 is 2.05 bits per heavy atom. The van der Waals surface area contributed by atoms with E-state index in [0.717, 1.165) is 45.1 Å². The van der Waals surface area contributed by atoms with Crippen LogP contribution in [0.2, 0.25) is 0 Å². The van der Waals surface area contributed by atoms with Crippen molar-refractivity contribution in [3.05, 3.63) is 0 Å². The second-order valence-corrected chi connectivity index (χ2v) is 6.60. The van der Waals surface area contributed by atoms with E-state index in [4.69, 9.17) is 0 Å². The highest BCUT2D eigenvalue weighted by Crippen LogP contribution is 2.36. The van der Waals surface area contributed by atoms with Gasteiger partial charge in [0.15, 0.2) is 0 Å². The van der Waals surface area contributed by atoms with Crippen molar-refractivity contribution in [2.45, 2.75) is 83.5 Å². The molecule has 4 heteroatoms. The molecule has 0 aromatic carbocycles. The Bertz CT molecular complexity index is 334. The van der Waals surface area contributed by atoms with E-state index in [-0.39, 0.29) is 24.1 Å². The van der Waals surface area contributed by atoms with Gasteiger partial charge in [0, 0.05) is 18.0 Å². The second-order valence-electron chi connectivity index (χ2n) is 6.60. The normalized spacial score (nSPS) is 34.1. The van der Waals surface area contributed by atoms with Crippen LogP contribution >= 0.6 is 0 Å². The van der Waals surface area contributed by atoms with Crippen LogP contribution in [-0.4, -0.2) is 46.7 Å². The van der Waals surface area contributed by atoms with Crippen molar-refractivity contribution in [1.82, 2.24) is 10.2 Å². The van der Waals surface area contributed by atoms with Crippen molar-refractivity contribution in [2.75, 3.05) is 6.54 Å². The lowest BCUT2D eigenvalue weighted by molar-refractivity contribution is -0.127. The van der Waals surface area contributed by atoms with Crippen LogP contribution in [0.3, 0.4) is 0 Å². The first kappa shape index (κ1) is 15.8. The molecule has 0 spiro atoms. The van der Waals surface area contributed by atoms with Crippen LogP contribution < -0.4 is 5.32 Å². The smallest absolute Gasteiger partial charge is 0.237 e. The van der Waals surface area contributed by atoms with Gasteiger partial charge >= 0.3 is 0 Å². The minimum absolute atomic E-state index is 0.0794. The number of nitrogens with zero attached hydrogens (tertiary/aromatic N) is 1. The summed E-state index contributed by atoms with van der Waals surface area (Å²) in [6, 6.07) is 0.553. The molecule has 0 radical (unpaired) electrons. The Labute approximate surface area is 122 Å². The fraction of sp³-hybridized carbons (Fsp3) is 0.938. The molecule has 2 fully saturated rings.